The smallest absolute Gasteiger partial charge is 0.341 e. The molecule has 18 heavy (non-hydrogen) atoms. The average molecular weight is 256 g/mol. The molecule has 0 bridgehead atoms. The lowest BCUT2D eigenvalue weighted by Crippen LogP contribution is -2.42. The van der Waals surface area contributed by atoms with E-state index in [9.17, 15) is 4.79 Å². The van der Waals surface area contributed by atoms with E-state index < -0.39 is 5.60 Å². The lowest BCUT2D eigenvalue weighted by atomic mass is 9.81. The van der Waals surface area contributed by atoms with Crippen molar-refractivity contribution in [1.82, 2.24) is 0 Å². The fourth-order valence-electron chi connectivity index (χ4n) is 3.16. The maximum absolute atomic E-state index is 12.2. The second-order valence-electron chi connectivity index (χ2n) is 5.25. The molecule has 2 aliphatic rings. The Labute approximate surface area is 109 Å². The normalized spacial score (nSPS) is 38.7. The van der Waals surface area contributed by atoms with Gasteiger partial charge in [-0.15, -0.1) is 0 Å². The molecule has 0 aliphatic carbocycles. The van der Waals surface area contributed by atoms with Crippen molar-refractivity contribution in [3.8, 4) is 0 Å². The summed E-state index contributed by atoms with van der Waals surface area (Å²) in [5.41, 5.74) is -0.997. The van der Waals surface area contributed by atoms with Gasteiger partial charge in [0.2, 0.25) is 0 Å². The Morgan fingerprint density at radius 3 is 2.78 bits per heavy atom. The lowest BCUT2D eigenvalue weighted by Gasteiger charge is -2.29. The fourth-order valence-corrected chi connectivity index (χ4v) is 3.16. The van der Waals surface area contributed by atoms with Crippen LogP contribution in [0.25, 0.3) is 0 Å². The van der Waals surface area contributed by atoms with Gasteiger partial charge in [0.05, 0.1) is 12.7 Å². The molecule has 2 aliphatic heterocycles. The SMILES string of the molecule is CCCC1(C(=O)OCC)OC12CCOC(CC)C2. The number of carbonyl (C=O) groups excluding carboxylic acids is 1. The molecule has 0 aromatic heterocycles. The minimum atomic E-state index is -0.686. The van der Waals surface area contributed by atoms with Gasteiger partial charge in [0.25, 0.3) is 0 Å². The van der Waals surface area contributed by atoms with E-state index in [-0.39, 0.29) is 17.7 Å². The van der Waals surface area contributed by atoms with Crippen LogP contribution in [-0.2, 0) is 19.0 Å². The highest BCUT2D eigenvalue weighted by Crippen LogP contribution is 2.58. The van der Waals surface area contributed by atoms with Crippen molar-refractivity contribution in [3.63, 3.8) is 0 Å². The quantitative estimate of drug-likeness (QED) is 0.560. The molecular formula is C14H24O4. The third-order valence-electron chi connectivity index (χ3n) is 4.14. The molecule has 2 heterocycles. The summed E-state index contributed by atoms with van der Waals surface area (Å²) in [6, 6.07) is 0. The van der Waals surface area contributed by atoms with Crippen LogP contribution in [0.2, 0.25) is 0 Å². The molecule has 0 saturated carbocycles. The zero-order valence-corrected chi connectivity index (χ0v) is 11.7. The highest BCUT2D eigenvalue weighted by atomic mass is 16.7. The van der Waals surface area contributed by atoms with E-state index in [1.54, 1.807) is 0 Å². The molecule has 0 N–H and O–H groups in total. The van der Waals surface area contributed by atoms with Crippen LogP contribution in [0, 0.1) is 0 Å². The summed E-state index contributed by atoms with van der Waals surface area (Å²) in [6.07, 6.45) is 4.49. The molecular weight excluding hydrogens is 232 g/mol. The van der Waals surface area contributed by atoms with E-state index in [1.807, 2.05) is 6.92 Å². The second-order valence-corrected chi connectivity index (χ2v) is 5.25. The number of carbonyl (C=O) groups is 1. The molecule has 2 fully saturated rings. The number of ether oxygens (including phenoxy) is 3. The topological polar surface area (TPSA) is 48.1 Å². The van der Waals surface area contributed by atoms with Gasteiger partial charge < -0.3 is 14.2 Å². The van der Waals surface area contributed by atoms with E-state index >= 15 is 0 Å². The van der Waals surface area contributed by atoms with Crippen LogP contribution in [0.15, 0.2) is 0 Å². The first-order valence-corrected chi connectivity index (χ1v) is 7.13. The van der Waals surface area contributed by atoms with Crippen molar-refractivity contribution in [1.29, 1.82) is 0 Å². The van der Waals surface area contributed by atoms with Crippen molar-refractivity contribution in [3.05, 3.63) is 0 Å². The largest absolute Gasteiger partial charge is 0.464 e. The molecule has 1 spiro atoms. The summed E-state index contributed by atoms with van der Waals surface area (Å²) in [6.45, 7) is 7.12. The van der Waals surface area contributed by atoms with Gasteiger partial charge in [-0.05, 0) is 19.8 Å². The molecule has 104 valence electrons. The number of esters is 1. The Morgan fingerprint density at radius 2 is 2.17 bits per heavy atom. The van der Waals surface area contributed by atoms with Crippen molar-refractivity contribution < 1.29 is 19.0 Å². The molecule has 2 rings (SSSR count). The number of hydrogen-bond donors (Lipinski definition) is 0. The molecule has 0 aromatic carbocycles. The van der Waals surface area contributed by atoms with Crippen LogP contribution in [0.1, 0.15) is 52.9 Å². The van der Waals surface area contributed by atoms with Crippen molar-refractivity contribution >= 4 is 5.97 Å². The standard InChI is InChI=1S/C14H24O4/c1-4-7-14(12(15)16-6-3)13(18-14)8-9-17-11(5-2)10-13/h11H,4-10H2,1-3H3. The first kappa shape index (κ1) is 13.8. The van der Waals surface area contributed by atoms with Gasteiger partial charge in [0.1, 0.15) is 5.60 Å². The summed E-state index contributed by atoms with van der Waals surface area (Å²) in [5, 5.41) is 0. The van der Waals surface area contributed by atoms with Crippen LogP contribution in [0.3, 0.4) is 0 Å². The average Bonchev–Trinajstić information content (AvgIpc) is 2.98. The van der Waals surface area contributed by atoms with Crippen molar-refractivity contribution in [2.45, 2.75) is 70.2 Å². The molecule has 3 unspecified atom stereocenters. The van der Waals surface area contributed by atoms with E-state index in [2.05, 4.69) is 13.8 Å². The maximum Gasteiger partial charge on any atom is 0.341 e. The van der Waals surface area contributed by atoms with E-state index in [1.165, 1.54) is 0 Å². The molecule has 0 radical (unpaired) electrons. The Kier molecular flexibility index (Phi) is 3.97. The van der Waals surface area contributed by atoms with E-state index in [0.717, 1.165) is 32.1 Å². The molecule has 3 atom stereocenters. The van der Waals surface area contributed by atoms with Gasteiger partial charge in [-0.2, -0.15) is 0 Å². The van der Waals surface area contributed by atoms with Gasteiger partial charge >= 0.3 is 5.97 Å². The van der Waals surface area contributed by atoms with Crippen molar-refractivity contribution in [2.24, 2.45) is 0 Å². The molecule has 0 amide bonds. The summed E-state index contributed by atoms with van der Waals surface area (Å²) in [4.78, 5) is 12.2. The third kappa shape index (κ3) is 2.05. The molecule has 2 saturated heterocycles. The predicted molar refractivity (Wildman–Crippen MR) is 67.4 cm³/mol. The third-order valence-corrected chi connectivity index (χ3v) is 4.14. The van der Waals surface area contributed by atoms with Gasteiger partial charge in [-0.3, -0.25) is 0 Å². The lowest BCUT2D eigenvalue weighted by molar-refractivity contribution is -0.150. The van der Waals surface area contributed by atoms with E-state index in [0.29, 0.717) is 13.2 Å². The minimum Gasteiger partial charge on any atom is -0.464 e. The van der Waals surface area contributed by atoms with Crippen LogP contribution >= 0.6 is 0 Å². The second kappa shape index (κ2) is 5.17. The zero-order chi connectivity index (χ0) is 13.2. The monoisotopic (exact) mass is 256 g/mol. The van der Waals surface area contributed by atoms with Crippen LogP contribution < -0.4 is 0 Å². The zero-order valence-electron chi connectivity index (χ0n) is 11.7. The van der Waals surface area contributed by atoms with E-state index in [4.69, 9.17) is 14.2 Å². The Morgan fingerprint density at radius 1 is 1.39 bits per heavy atom. The van der Waals surface area contributed by atoms with Crippen LogP contribution in [0.5, 0.6) is 0 Å². The summed E-state index contributed by atoms with van der Waals surface area (Å²) in [7, 11) is 0. The van der Waals surface area contributed by atoms with Crippen LogP contribution in [0.4, 0.5) is 0 Å². The first-order valence-electron chi connectivity index (χ1n) is 7.13. The van der Waals surface area contributed by atoms with Crippen LogP contribution in [-0.4, -0.2) is 36.5 Å². The van der Waals surface area contributed by atoms with Gasteiger partial charge in [-0.25, -0.2) is 4.79 Å². The van der Waals surface area contributed by atoms with Crippen molar-refractivity contribution in [2.75, 3.05) is 13.2 Å². The Hall–Kier alpha value is -0.610. The maximum atomic E-state index is 12.2. The molecule has 4 heteroatoms. The summed E-state index contributed by atoms with van der Waals surface area (Å²) in [5.74, 6) is -0.177. The summed E-state index contributed by atoms with van der Waals surface area (Å²) < 4.78 is 16.9. The molecule has 4 nitrogen and oxygen atoms in total. The predicted octanol–water partition coefficient (Wildman–Crippen LogP) is 2.45. The fraction of sp³-hybridized carbons (Fsp3) is 0.929. The van der Waals surface area contributed by atoms with Gasteiger partial charge in [0.15, 0.2) is 5.60 Å². The minimum absolute atomic E-state index is 0.177. The summed E-state index contributed by atoms with van der Waals surface area (Å²) >= 11 is 0. The number of hydrogen-bond acceptors (Lipinski definition) is 4. The Bertz CT molecular complexity index is 317. The molecule has 0 aromatic rings. The highest BCUT2D eigenvalue weighted by molar-refractivity contribution is 5.85. The van der Waals surface area contributed by atoms with Gasteiger partial charge in [-0.1, -0.05) is 20.3 Å². The Balaban J connectivity index is 2.12. The van der Waals surface area contributed by atoms with Gasteiger partial charge in [0, 0.05) is 19.4 Å². The number of rotatable bonds is 5. The first-order chi connectivity index (χ1) is 8.64. The number of epoxide rings is 1. The highest BCUT2D eigenvalue weighted by Gasteiger charge is 2.75.